The molecule has 6 heteroatoms. The molecule has 3 unspecified atom stereocenters. The molecular formula is C19H42IN5. The molecule has 150 valence electrons. The summed E-state index contributed by atoms with van der Waals surface area (Å²) in [5, 5.41) is 7.22. The lowest BCUT2D eigenvalue weighted by Gasteiger charge is -2.32. The van der Waals surface area contributed by atoms with Crippen LogP contribution in [0.4, 0.5) is 0 Å². The van der Waals surface area contributed by atoms with Crippen molar-refractivity contribution >= 4 is 29.9 Å². The molecule has 0 aromatic carbocycles. The summed E-state index contributed by atoms with van der Waals surface area (Å²) in [7, 11) is 6.23. The lowest BCUT2D eigenvalue weighted by molar-refractivity contribution is 0.200. The summed E-state index contributed by atoms with van der Waals surface area (Å²) in [5.74, 6) is 2.30. The van der Waals surface area contributed by atoms with Gasteiger partial charge in [0.1, 0.15) is 0 Å². The Morgan fingerprint density at radius 2 is 1.80 bits per heavy atom. The lowest BCUT2D eigenvalue weighted by Crippen LogP contribution is -2.51. The van der Waals surface area contributed by atoms with Gasteiger partial charge in [-0.25, -0.2) is 0 Å². The van der Waals surface area contributed by atoms with E-state index >= 15 is 0 Å². The fourth-order valence-electron chi connectivity index (χ4n) is 3.79. The van der Waals surface area contributed by atoms with Gasteiger partial charge in [-0.15, -0.1) is 24.0 Å². The molecule has 1 rings (SSSR count). The van der Waals surface area contributed by atoms with Gasteiger partial charge in [0.05, 0.1) is 0 Å². The molecule has 0 amide bonds. The first-order valence-electron chi connectivity index (χ1n) is 9.71. The molecule has 0 spiro atoms. The summed E-state index contributed by atoms with van der Waals surface area (Å²) in [4.78, 5) is 9.34. The maximum absolute atomic E-state index is 4.46. The van der Waals surface area contributed by atoms with Crippen LogP contribution >= 0.6 is 24.0 Å². The zero-order chi connectivity index (χ0) is 18.3. The van der Waals surface area contributed by atoms with Crippen molar-refractivity contribution in [3.8, 4) is 0 Å². The Hall–Kier alpha value is -0.0800. The Labute approximate surface area is 173 Å². The van der Waals surface area contributed by atoms with Crippen LogP contribution in [0.15, 0.2) is 4.99 Å². The van der Waals surface area contributed by atoms with E-state index in [2.05, 4.69) is 74.1 Å². The van der Waals surface area contributed by atoms with Crippen LogP contribution in [-0.4, -0.2) is 74.7 Å². The van der Waals surface area contributed by atoms with E-state index in [1.807, 2.05) is 7.05 Å². The van der Waals surface area contributed by atoms with E-state index in [1.165, 1.54) is 19.4 Å². The van der Waals surface area contributed by atoms with Crippen LogP contribution in [0.2, 0.25) is 0 Å². The van der Waals surface area contributed by atoms with Crippen molar-refractivity contribution in [3.05, 3.63) is 0 Å². The van der Waals surface area contributed by atoms with Crippen molar-refractivity contribution in [1.29, 1.82) is 0 Å². The SMILES string of the molecule is CCC(CC)C(CNC(=NC)NC1CN(C(C)C)CC1C)N(C)C.I. The van der Waals surface area contributed by atoms with Gasteiger partial charge in [0.25, 0.3) is 0 Å². The third-order valence-electron chi connectivity index (χ3n) is 5.65. The highest BCUT2D eigenvalue weighted by Crippen LogP contribution is 2.19. The van der Waals surface area contributed by atoms with E-state index in [4.69, 9.17) is 0 Å². The summed E-state index contributed by atoms with van der Waals surface area (Å²) in [6.45, 7) is 14.7. The number of likely N-dealkylation sites (tertiary alicyclic amines) is 1. The molecule has 5 nitrogen and oxygen atoms in total. The van der Waals surface area contributed by atoms with Crippen LogP contribution in [0.25, 0.3) is 0 Å². The molecule has 0 aliphatic carbocycles. The summed E-state index contributed by atoms with van der Waals surface area (Å²) >= 11 is 0. The van der Waals surface area contributed by atoms with Gasteiger partial charge in [-0.3, -0.25) is 9.89 Å². The van der Waals surface area contributed by atoms with Gasteiger partial charge < -0.3 is 15.5 Å². The van der Waals surface area contributed by atoms with Crippen LogP contribution in [0.1, 0.15) is 47.5 Å². The first-order valence-corrected chi connectivity index (χ1v) is 9.71. The molecule has 1 heterocycles. The van der Waals surface area contributed by atoms with E-state index in [9.17, 15) is 0 Å². The molecule has 0 bridgehead atoms. The molecule has 1 aliphatic rings. The van der Waals surface area contributed by atoms with E-state index in [0.717, 1.165) is 19.0 Å². The molecule has 25 heavy (non-hydrogen) atoms. The predicted octanol–water partition coefficient (Wildman–Crippen LogP) is 2.86. The number of hydrogen-bond donors (Lipinski definition) is 2. The highest BCUT2D eigenvalue weighted by molar-refractivity contribution is 14.0. The third kappa shape index (κ3) is 7.59. The van der Waals surface area contributed by atoms with Crippen molar-refractivity contribution in [1.82, 2.24) is 20.4 Å². The highest BCUT2D eigenvalue weighted by atomic mass is 127. The molecule has 1 aliphatic heterocycles. The number of aliphatic imine (C=N–C) groups is 1. The van der Waals surface area contributed by atoms with Crippen LogP contribution < -0.4 is 10.6 Å². The fraction of sp³-hybridized carbons (Fsp3) is 0.947. The monoisotopic (exact) mass is 467 g/mol. The van der Waals surface area contributed by atoms with Crippen LogP contribution in [0.3, 0.4) is 0 Å². The minimum absolute atomic E-state index is 0. The van der Waals surface area contributed by atoms with Crippen LogP contribution in [-0.2, 0) is 0 Å². The molecule has 0 aromatic rings. The fourth-order valence-corrected chi connectivity index (χ4v) is 3.79. The summed E-state index contributed by atoms with van der Waals surface area (Å²) in [6, 6.07) is 1.62. The minimum atomic E-state index is 0. The number of halogens is 1. The summed E-state index contributed by atoms with van der Waals surface area (Å²) < 4.78 is 0. The Kier molecular flexibility index (Phi) is 12.3. The average molecular weight is 467 g/mol. The van der Waals surface area contributed by atoms with E-state index in [1.54, 1.807) is 0 Å². The number of nitrogens with zero attached hydrogens (tertiary/aromatic N) is 3. The zero-order valence-corrected chi connectivity index (χ0v) is 20.0. The largest absolute Gasteiger partial charge is 0.355 e. The van der Waals surface area contributed by atoms with Crippen LogP contribution in [0.5, 0.6) is 0 Å². The van der Waals surface area contributed by atoms with Gasteiger partial charge in [0.15, 0.2) is 5.96 Å². The Morgan fingerprint density at radius 1 is 1.20 bits per heavy atom. The first kappa shape index (κ1) is 24.9. The summed E-state index contributed by atoms with van der Waals surface area (Å²) in [5.41, 5.74) is 0. The Morgan fingerprint density at radius 3 is 2.20 bits per heavy atom. The molecular weight excluding hydrogens is 425 g/mol. The van der Waals surface area contributed by atoms with E-state index < -0.39 is 0 Å². The van der Waals surface area contributed by atoms with Gasteiger partial charge in [-0.1, -0.05) is 33.6 Å². The van der Waals surface area contributed by atoms with E-state index in [-0.39, 0.29) is 24.0 Å². The topological polar surface area (TPSA) is 42.9 Å². The average Bonchev–Trinajstić information content (AvgIpc) is 2.90. The number of nitrogens with one attached hydrogen (secondary N) is 2. The number of hydrogen-bond acceptors (Lipinski definition) is 3. The zero-order valence-electron chi connectivity index (χ0n) is 17.7. The van der Waals surface area contributed by atoms with Crippen molar-refractivity contribution < 1.29 is 0 Å². The van der Waals surface area contributed by atoms with Gasteiger partial charge >= 0.3 is 0 Å². The molecule has 0 aromatic heterocycles. The van der Waals surface area contributed by atoms with Gasteiger partial charge in [0, 0.05) is 44.8 Å². The molecule has 2 N–H and O–H groups in total. The van der Waals surface area contributed by atoms with Crippen LogP contribution in [0, 0.1) is 11.8 Å². The lowest BCUT2D eigenvalue weighted by atomic mass is 9.93. The second-order valence-corrected chi connectivity index (χ2v) is 7.84. The van der Waals surface area contributed by atoms with Crippen molar-refractivity contribution in [2.24, 2.45) is 16.8 Å². The second-order valence-electron chi connectivity index (χ2n) is 7.84. The standard InChI is InChI=1S/C19H41N5.HI/c1-9-16(10-2)18(23(7)8)11-21-19(20-6)22-17-13-24(14(3)4)12-15(17)5;/h14-18H,9-13H2,1-8H3,(H2,20,21,22);1H. The highest BCUT2D eigenvalue weighted by Gasteiger charge is 2.31. The molecule has 1 saturated heterocycles. The Balaban J connectivity index is 0.00000576. The van der Waals surface area contributed by atoms with E-state index in [0.29, 0.717) is 30.0 Å². The van der Waals surface area contributed by atoms with Crippen molar-refractivity contribution in [2.75, 3.05) is 40.8 Å². The molecule has 0 saturated carbocycles. The molecule has 1 fully saturated rings. The maximum Gasteiger partial charge on any atom is 0.191 e. The van der Waals surface area contributed by atoms with Gasteiger partial charge in [-0.05, 0) is 39.8 Å². The van der Waals surface area contributed by atoms with Gasteiger partial charge in [-0.2, -0.15) is 0 Å². The number of guanidine groups is 1. The second kappa shape index (κ2) is 12.3. The Bertz CT molecular complexity index is 382. The number of likely N-dealkylation sites (N-methyl/N-ethyl adjacent to an activating group) is 1. The molecule has 0 radical (unpaired) electrons. The maximum atomic E-state index is 4.46. The predicted molar refractivity (Wildman–Crippen MR) is 121 cm³/mol. The summed E-state index contributed by atoms with van der Waals surface area (Å²) in [6.07, 6.45) is 2.44. The van der Waals surface area contributed by atoms with Crippen molar-refractivity contribution in [3.63, 3.8) is 0 Å². The number of rotatable bonds is 8. The smallest absolute Gasteiger partial charge is 0.191 e. The third-order valence-corrected chi connectivity index (χ3v) is 5.65. The van der Waals surface area contributed by atoms with Crippen molar-refractivity contribution in [2.45, 2.75) is 65.6 Å². The quantitative estimate of drug-likeness (QED) is 0.327. The minimum Gasteiger partial charge on any atom is -0.355 e. The van der Waals surface area contributed by atoms with Gasteiger partial charge in [0.2, 0.25) is 0 Å². The molecule has 3 atom stereocenters. The normalized spacial score (nSPS) is 23.2. The first-order chi connectivity index (χ1) is 11.3.